The summed E-state index contributed by atoms with van der Waals surface area (Å²) in [5.41, 5.74) is 5.27. The van der Waals surface area contributed by atoms with Gasteiger partial charge in [0.1, 0.15) is 5.75 Å². The van der Waals surface area contributed by atoms with Crippen LogP contribution in [0.5, 0.6) is 5.75 Å². The van der Waals surface area contributed by atoms with Gasteiger partial charge in [-0.3, -0.25) is 9.89 Å². The second-order valence-corrected chi connectivity index (χ2v) is 6.92. The summed E-state index contributed by atoms with van der Waals surface area (Å²) in [5.74, 6) is 1.03. The van der Waals surface area contributed by atoms with Crippen LogP contribution in [0.1, 0.15) is 24.0 Å². The number of carbonyl (C=O) groups is 1. The largest absolute Gasteiger partial charge is 0.497 e. The molecule has 1 amide bonds. The number of halogens is 1. The number of aromatic amines is 1. The number of rotatable bonds is 7. The summed E-state index contributed by atoms with van der Waals surface area (Å²) in [6.07, 6.45) is 3.44. The van der Waals surface area contributed by atoms with Crippen molar-refractivity contribution in [2.75, 3.05) is 18.6 Å². The highest BCUT2D eigenvalue weighted by molar-refractivity contribution is 5.95. The quantitative estimate of drug-likeness (QED) is 0.617. The molecular formula is C22H25ClN4O2. The number of methoxy groups -OCH3 is 1. The third-order valence-electron chi connectivity index (χ3n) is 5.02. The lowest BCUT2D eigenvalue weighted by molar-refractivity contribution is -0.117. The van der Waals surface area contributed by atoms with Crippen molar-refractivity contribution in [3.05, 3.63) is 65.9 Å². The maximum Gasteiger partial charge on any atom is 0.227 e. The maximum atomic E-state index is 12.0. The average Bonchev–Trinajstić information content (AvgIpc) is 3.37. The Labute approximate surface area is 176 Å². The Kier molecular flexibility index (Phi) is 6.90. The van der Waals surface area contributed by atoms with Crippen LogP contribution in [0.25, 0.3) is 11.3 Å². The summed E-state index contributed by atoms with van der Waals surface area (Å²) >= 11 is 0. The lowest BCUT2D eigenvalue weighted by Gasteiger charge is -2.16. The molecule has 3 aromatic rings. The van der Waals surface area contributed by atoms with Gasteiger partial charge in [0.2, 0.25) is 5.91 Å². The number of hydrogen-bond acceptors (Lipinski definition) is 4. The molecule has 2 heterocycles. The van der Waals surface area contributed by atoms with Gasteiger partial charge in [-0.05, 0) is 36.2 Å². The predicted molar refractivity (Wildman–Crippen MR) is 116 cm³/mol. The molecule has 0 aliphatic carbocycles. The van der Waals surface area contributed by atoms with Gasteiger partial charge in [-0.1, -0.05) is 24.3 Å². The minimum Gasteiger partial charge on any atom is -0.497 e. The Morgan fingerprint density at radius 1 is 1.17 bits per heavy atom. The van der Waals surface area contributed by atoms with Crippen LogP contribution >= 0.6 is 12.4 Å². The van der Waals surface area contributed by atoms with Crippen LogP contribution in [0, 0.1) is 0 Å². The van der Waals surface area contributed by atoms with E-state index in [1.165, 1.54) is 0 Å². The molecule has 2 N–H and O–H groups in total. The number of H-pyrrole nitrogens is 1. The number of carbonyl (C=O) groups excluding carboxylic acids is 1. The molecule has 1 fully saturated rings. The Balaban J connectivity index is 0.00000240. The highest BCUT2D eigenvalue weighted by Crippen LogP contribution is 2.25. The van der Waals surface area contributed by atoms with Crippen LogP contribution < -0.4 is 15.0 Å². The second kappa shape index (κ2) is 9.58. The number of amides is 1. The minimum atomic E-state index is 0. The van der Waals surface area contributed by atoms with Crippen LogP contribution in [0.4, 0.5) is 5.69 Å². The predicted octanol–water partition coefficient (Wildman–Crippen LogP) is 3.92. The number of nitrogens with zero attached hydrogens (tertiary/aromatic N) is 2. The van der Waals surface area contributed by atoms with Gasteiger partial charge >= 0.3 is 0 Å². The summed E-state index contributed by atoms with van der Waals surface area (Å²) < 4.78 is 5.31. The third-order valence-corrected chi connectivity index (χ3v) is 5.02. The van der Waals surface area contributed by atoms with Gasteiger partial charge in [-0.15, -0.1) is 12.4 Å². The smallest absolute Gasteiger partial charge is 0.227 e. The van der Waals surface area contributed by atoms with Crippen LogP contribution in [-0.2, 0) is 17.9 Å². The summed E-state index contributed by atoms with van der Waals surface area (Å²) in [7, 11) is 1.67. The van der Waals surface area contributed by atoms with Gasteiger partial charge in [0.15, 0.2) is 0 Å². The number of anilines is 1. The zero-order chi connectivity index (χ0) is 19.3. The van der Waals surface area contributed by atoms with Crippen molar-refractivity contribution in [1.82, 2.24) is 15.5 Å². The first-order valence-corrected chi connectivity index (χ1v) is 9.51. The van der Waals surface area contributed by atoms with Crippen molar-refractivity contribution in [2.24, 2.45) is 0 Å². The molecule has 0 atom stereocenters. The number of hydrogen-bond donors (Lipinski definition) is 2. The van der Waals surface area contributed by atoms with Crippen molar-refractivity contribution >= 4 is 24.0 Å². The summed E-state index contributed by atoms with van der Waals surface area (Å²) in [6.45, 7) is 2.23. The number of benzene rings is 2. The van der Waals surface area contributed by atoms with Crippen LogP contribution in [0.2, 0.25) is 0 Å². The van der Waals surface area contributed by atoms with E-state index in [4.69, 9.17) is 4.74 Å². The molecule has 0 bridgehead atoms. The number of nitrogens with one attached hydrogen (secondary N) is 2. The molecule has 1 aliphatic rings. The first kappa shape index (κ1) is 20.9. The van der Waals surface area contributed by atoms with E-state index in [9.17, 15) is 4.79 Å². The van der Waals surface area contributed by atoms with Gasteiger partial charge < -0.3 is 15.0 Å². The van der Waals surface area contributed by atoms with Gasteiger partial charge in [-0.2, -0.15) is 5.10 Å². The zero-order valence-electron chi connectivity index (χ0n) is 16.4. The molecule has 0 spiro atoms. The highest BCUT2D eigenvalue weighted by atomic mass is 35.5. The first-order chi connectivity index (χ1) is 13.7. The molecule has 1 aromatic heterocycles. The fraction of sp³-hybridized carbons (Fsp3) is 0.273. The van der Waals surface area contributed by atoms with E-state index in [1.54, 1.807) is 7.11 Å². The maximum absolute atomic E-state index is 12.0. The van der Waals surface area contributed by atoms with E-state index in [1.807, 2.05) is 47.5 Å². The Bertz CT molecular complexity index is 973. The van der Waals surface area contributed by atoms with Crippen LogP contribution in [0.15, 0.2) is 54.7 Å². The molecule has 29 heavy (non-hydrogen) atoms. The zero-order valence-corrected chi connectivity index (χ0v) is 17.2. The molecule has 2 aromatic carbocycles. The summed E-state index contributed by atoms with van der Waals surface area (Å²) in [5, 5.41) is 10.8. The third kappa shape index (κ3) is 4.78. The SMILES string of the molecule is COc1cccc(-c2[nH]ncc2CNCc2cccc(N3CCCC3=O)c2)c1.Cl. The topological polar surface area (TPSA) is 70.2 Å². The molecule has 6 nitrogen and oxygen atoms in total. The molecule has 1 aliphatic heterocycles. The van der Waals surface area contributed by atoms with E-state index in [2.05, 4.69) is 27.6 Å². The molecule has 0 unspecified atom stereocenters. The molecule has 0 saturated carbocycles. The monoisotopic (exact) mass is 412 g/mol. The summed E-state index contributed by atoms with van der Waals surface area (Å²) in [4.78, 5) is 13.8. The molecule has 1 saturated heterocycles. The Hall–Kier alpha value is -2.83. The molecule has 4 rings (SSSR count). The van der Waals surface area contributed by atoms with E-state index in [0.29, 0.717) is 13.0 Å². The minimum absolute atomic E-state index is 0. The fourth-order valence-electron chi connectivity index (χ4n) is 3.57. The van der Waals surface area contributed by atoms with E-state index >= 15 is 0 Å². The highest BCUT2D eigenvalue weighted by Gasteiger charge is 2.21. The number of aromatic nitrogens is 2. The molecular weight excluding hydrogens is 388 g/mol. The van der Waals surface area contributed by atoms with Gasteiger partial charge in [0, 0.05) is 42.9 Å². The van der Waals surface area contributed by atoms with E-state index in [-0.39, 0.29) is 18.3 Å². The lowest BCUT2D eigenvalue weighted by Crippen LogP contribution is -2.23. The van der Waals surface area contributed by atoms with Crippen molar-refractivity contribution in [1.29, 1.82) is 0 Å². The van der Waals surface area contributed by atoms with Crippen molar-refractivity contribution in [2.45, 2.75) is 25.9 Å². The van der Waals surface area contributed by atoms with Crippen LogP contribution in [0.3, 0.4) is 0 Å². The standard InChI is InChI=1S/C22H24N4O2.ClH/c1-28-20-8-3-6-17(12-20)22-18(15-24-25-22)14-23-13-16-5-2-7-19(11-16)26-10-4-9-21(26)27;/h2-3,5-8,11-12,15,23H,4,9-10,13-14H2,1H3,(H,24,25);1H. The Morgan fingerprint density at radius 2 is 2.03 bits per heavy atom. The molecule has 7 heteroatoms. The summed E-state index contributed by atoms with van der Waals surface area (Å²) in [6, 6.07) is 16.1. The molecule has 0 radical (unpaired) electrons. The van der Waals surface area contributed by atoms with Crippen molar-refractivity contribution in [3.63, 3.8) is 0 Å². The fourth-order valence-corrected chi connectivity index (χ4v) is 3.57. The van der Waals surface area contributed by atoms with E-state index < -0.39 is 0 Å². The van der Waals surface area contributed by atoms with Gasteiger partial charge in [0.05, 0.1) is 19.0 Å². The normalized spacial score (nSPS) is 13.4. The van der Waals surface area contributed by atoms with Gasteiger partial charge in [-0.25, -0.2) is 0 Å². The van der Waals surface area contributed by atoms with Crippen molar-refractivity contribution < 1.29 is 9.53 Å². The number of ether oxygens (including phenoxy) is 1. The first-order valence-electron chi connectivity index (χ1n) is 9.51. The van der Waals surface area contributed by atoms with Crippen molar-refractivity contribution in [3.8, 4) is 17.0 Å². The average molecular weight is 413 g/mol. The van der Waals surface area contributed by atoms with Crippen LogP contribution in [-0.4, -0.2) is 29.8 Å². The van der Waals surface area contributed by atoms with E-state index in [0.717, 1.165) is 53.3 Å². The molecule has 152 valence electrons. The second-order valence-electron chi connectivity index (χ2n) is 6.92. The lowest BCUT2D eigenvalue weighted by atomic mass is 10.1. The Morgan fingerprint density at radius 3 is 2.83 bits per heavy atom. The van der Waals surface area contributed by atoms with Gasteiger partial charge in [0.25, 0.3) is 0 Å².